The van der Waals surface area contributed by atoms with Crippen LogP contribution in [0.15, 0.2) is 18.2 Å². The van der Waals surface area contributed by atoms with Gasteiger partial charge < -0.3 is 9.47 Å². The minimum Gasteiger partial charge on any atom is -0.493 e. The molecule has 0 saturated heterocycles. The molecular weight excluding hydrogens is 230 g/mol. The van der Waals surface area contributed by atoms with Gasteiger partial charge in [-0.2, -0.15) is 10.4 Å². The lowest BCUT2D eigenvalue weighted by molar-refractivity contribution is 0.301. The smallest absolute Gasteiger partial charge is 0.170 e. The first-order valence-electron chi connectivity index (χ1n) is 5.62. The van der Waals surface area contributed by atoms with Gasteiger partial charge in [0.05, 0.1) is 19.4 Å². The van der Waals surface area contributed by atoms with Crippen molar-refractivity contribution in [3.05, 3.63) is 29.5 Å². The SMILES string of the molecule is COc1cccc2c1OCCc1c(C#N)n[nH]c1-2. The second-order valence-electron chi connectivity index (χ2n) is 3.97. The van der Waals surface area contributed by atoms with Crippen LogP contribution in [0.2, 0.25) is 0 Å². The summed E-state index contributed by atoms with van der Waals surface area (Å²) in [6.45, 7) is 0.509. The lowest BCUT2D eigenvalue weighted by atomic mass is 10.0. The summed E-state index contributed by atoms with van der Waals surface area (Å²) in [6, 6.07) is 7.77. The summed E-state index contributed by atoms with van der Waals surface area (Å²) >= 11 is 0. The van der Waals surface area contributed by atoms with E-state index in [2.05, 4.69) is 16.3 Å². The Kier molecular flexibility index (Phi) is 2.41. The van der Waals surface area contributed by atoms with E-state index in [1.807, 2.05) is 18.2 Å². The number of ether oxygens (including phenoxy) is 2. The van der Waals surface area contributed by atoms with E-state index < -0.39 is 0 Å². The molecule has 0 radical (unpaired) electrons. The van der Waals surface area contributed by atoms with Crippen LogP contribution in [0.1, 0.15) is 11.3 Å². The fourth-order valence-electron chi connectivity index (χ4n) is 2.20. The predicted molar refractivity (Wildman–Crippen MR) is 64.5 cm³/mol. The number of nitrogens with zero attached hydrogens (tertiary/aromatic N) is 2. The zero-order valence-corrected chi connectivity index (χ0v) is 9.86. The first-order chi connectivity index (χ1) is 8.85. The highest BCUT2D eigenvalue weighted by Crippen LogP contribution is 2.40. The van der Waals surface area contributed by atoms with Crippen molar-refractivity contribution in [2.75, 3.05) is 13.7 Å². The highest BCUT2D eigenvalue weighted by atomic mass is 16.5. The highest BCUT2D eigenvalue weighted by molar-refractivity contribution is 5.75. The van der Waals surface area contributed by atoms with Crippen LogP contribution in [-0.4, -0.2) is 23.9 Å². The molecule has 1 aliphatic heterocycles. The van der Waals surface area contributed by atoms with Gasteiger partial charge in [-0.3, -0.25) is 5.10 Å². The second kappa shape index (κ2) is 4.08. The number of hydrogen-bond donors (Lipinski definition) is 1. The Hall–Kier alpha value is -2.48. The van der Waals surface area contributed by atoms with Crippen molar-refractivity contribution >= 4 is 0 Å². The number of aromatic nitrogens is 2. The minimum atomic E-state index is 0.435. The van der Waals surface area contributed by atoms with Gasteiger partial charge in [-0.05, 0) is 12.1 Å². The van der Waals surface area contributed by atoms with Crippen molar-refractivity contribution in [2.24, 2.45) is 0 Å². The van der Waals surface area contributed by atoms with E-state index in [1.54, 1.807) is 7.11 Å². The van der Waals surface area contributed by atoms with Crippen molar-refractivity contribution in [3.8, 4) is 28.8 Å². The Morgan fingerprint density at radius 3 is 3.17 bits per heavy atom. The van der Waals surface area contributed by atoms with Gasteiger partial charge in [0.2, 0.25) is 0 Å². The van der Waals surface area contributed by atoms with Gasteiger partial charge >= 0.3 is 0 Å². The summed E-state index contributed by atoms with van der Waals surface area (Å²) < 4.78 is 11.0. The molecule has 0 aliphatic carbocycles. The van der Waals surface area contributed by atoms with Crippen molar-refractivity contribution < 1.29 is 9.47 Å². The summed E-state index contributed by atoms with van der Waals surface area (Å²) in [4.78, 5) is 0. The van der Waals surface area contributed by atoms with Gasteiger partial charge in [-0.25, -0.2) is 0 Å². The van der Waals surface area contributed by atoms with Crippen molar-refractivity contribution in [1.29, 1.82) is 5.26 Å². The van der Waals surface area contributed by atoms with Crippen LogP contribution in [0.4, 0.5) is 0 Å². The number of benzene rings is 1. The molecule has 0 unspecified atom stereocenters. The maximum Gasteiger partial charge on any atom is 0.170 e. The van der Waals surface area contributed by atoms with Crippen molar-refractivity contribution in [2.45, 2.75) is 6.42 Å². The van der Waals surface area contributed by atoms with Gasteiger partial charge in [0, 0.05) is 17.5 Å². The Morgan fingerprint density at radius 2 is 2.39 bits per heavy atom. The standard InChI is InChI=1S/C13H11N3O2/c1-17-11-4-2-3-9-12-8(5-6-18-13(9)11)10(7-14)15-16-12/h2-4H,5-6H2,1H3,(H,15,16). The number of rotatable bonds is 1. The fraction of sp³-hybridized carbons (Fsp3) is 0.231. The van der Waals surface area contributed by atoms with E-state index in [0.29, 0.717) is 30.2 Å². The van der Waals surface area contributed by atoms with E-state index in [1.165, 1.54) is 0 Å². The lowest BCUT2D eigenvalue weighted by Gasteiger charge is -2.11. The third-order valence-corrected chi connectivity index (χ3v) is 3.04. The molecule has 1 N–H and O–H groups in total. The Morgan fingerprint density at radius 1 is 1.50 bits per heavy atom. The summed E-state index contributed by atoms with van der Waals surface area (Å²) in [5, 5.41) is 16.0. The molecule has 0 spiro atoms. The van der Waals surface area contributed by atoms with E-state index in [9.17, 15) is 0 Å². The highest BCUT2D eigenvalue weighted by Gasteiger charge is 2.23. The number of nitriles is 1. The average molecular weight is 241 g/mol. The van der Waals surface area contributed by atoms with Crippen LogP contribution in [0.3, 0.4) is 0 Å². The minimum absolute atomic E-state index is 0.435. The molecule has 90 valence electrons. The van der Waals surface area contributed by atoms with Crippen LogP contribution in [0.25, 0.3) is 11.3 Å². The third kappa shape index (κ3) is 1.43. The van der Waals surface area contributed by atoms with Gasteiger partial charge in [0.25, 0.3) is 0 Å². The summed E-state index contributed by atoms with van der Waals surface area (Å²) in [6.07, 6.45) is 0.659. The fourth-order valence-corrected chi connectivity index (χ4v) is 2.20. The molecule has 0 saturated carbocycles. The first-order valence-corrected chi connectivity index (χ1v) is 5.62. The maximum absolute atomic E-state index is 9.03. The van der Waals surface area contributed by atoms with Crippen LogP contribution in [0.5, 0.6) is 11.5 Å². The van der Waals surface area contributed by atoms with Crippen LogP contribution in [0, 0.1) is 11.3 Å². The van der Waals surface area contributed by atoms with Gasteiger partial charge in [0.15, 0.2) is 17.2 Å². The Bertz CT molecular complexity index is 640. The molecule has 18 heavy (non-hydrogen) atoms. The normalized spacial score (nSPS) is 12.7. The first kappa shape index (κ1) is 10.7. The molecule has 2 heterocycles. The largest absolute Gasteiger partial charge is 0.493 e. The van der Waals surface area contributed by atoms with Gasteiger partial charge in [0.1, 0.15) is 6.07 Å². The molecule has 1 aromatic heterocycles. The molecule has 5 nitrogen and oxygen atoms in total. The number of H-pyrrole nitrogens is 1. The molecule has 5 heteroatoms. The number of aromatic amines is 1. The van der Waals surface area contributed by atoms with Crippen molar-refractivity contribution in [1.82, 2.24) is 10.2 Å². The molecule has 3 rings (SSSR count). The van der Waals surface area contributed by atoms with Crippen LogP contribution in [-0.2, 0) is 6.42 Å². The third-order valence-electron chi connectivity index (χ3n) is 3.04. The van der Waals surface area contributed by atoms with E-state index >= 15 is 0 Å². The predicted octanol–water partition coefficient (Wildman–Crippen LogP) is 1.89. The Balaban J connectivity index is 2.26. The molecule has 1 aliphatic rings. The average Bonchev–Trinajstić information content (AvgIpc) is 2.72. The molecule has 0 amide bonds. The summed E-state index contributed by atoms with van der Waals surface area (Å²) in [5.74, 6) is 1.39. The number of methoxy groups -OCH3 is 1. The number of nitrogens with one attached hydrogen (secondary N) is 1. The molecule has 0 fully saturated rings. The van der Waals surface area contributed by atoms with Crippen molar-refractivity contribution in [3.63, 3.8) is 0 Å². The quantitative estimate of drug-likeness (QED) is 0.827. The number of hydrogen-bond acceptors (Lipinski definition) is 4. The number of fused-ring (bicyclic) bond motifs is 3. The number of para-hydroxylation sites is 1. The van der Waals surface area contributed by atoms with Gasteiger partial charge in [-0.15, -0.1) is 0 Å². The monoisotopic (exact) mass is 241 g/mol. The van der Waals surface area contributed by atoms with E-state index in [4.69, 9.17) is 14.7 Å². The van der Waals surface area contributed by atoms with E-state index in [-0.39, 0.29) is 0 Å². The summed E-state index contributed by atoms with van der Waals surface area (Å²) in [7, 11) is 1.61. The molecule has 2 aromatic rings. The second-order valence-corrected chi connectivity index (χ2v) is 3.97. The topological polar surface area (TPSA) is 70.9 Å². The maximum atomic E-state index is 9.03. The molecule has 0 atom stereocenters. The lowest BCUT2D eigenvalue weighted by Crippen LogP contribution is -2.01. The van der Waals surface area contributed by atoms with Crippen LogP contribution >= 0.6 is 0 Å². The van der Waals surface area contributed by atoms with Crippen LogP contribution < -0.4 is 9.47 Å². The zero-order chi connectivity index (χ0) is 12.5. The molecule has 0 bridgehead atoms. The molecule has 1 aromatic carbocycles. The molecular formula is C13H11N3O2. The van der Waals surface area contributed by atoms with Gasteiger partial charge in [-0.1, -0.05) is 6.07 Å². The Labute approximate surface area is 104 Å². The van der Waals surface area contributed by atoms with E-state index in [0.717, 1.165) is 16.8 Å². The summed E-state index contributed by atoms with van der Waals surface area (Å²) in [5.41, 5.74) is 3.07. The zero-order valence-electron chi connectivity index (χ0n) is 9.86.